The fraction of sp³-hybridized carbons (Fsp3) is 0.588. The van der Waals surface area contributed by atoms with E-state index in [1.165, 1.54) is 0 Å². The van der Waals surface area contributed by atoms with Gasteiger partial charge in [0.1, 0.15) is 0 Å². The van der Waals surface area contributed by atoms with E-state index in [1.54, 1.807) is 12.1 Å². The van der Waals surface area contributed by atoms with Gasteiger partial charge in [-0.2, -0.15) is 0 Å². The van der Waals surface area contributed by atoms with Crippen LogP contribution in [-0.2, 0) is 4.74 Å². The van der Waals surface area contributed by atoms with Gasteiger partial charge in [-0.3, -0.25) is 10.2 Å². The Bertz CT molecular complexity index is 486. The minimum atomic E-state index is -0.238. The zero-order chi connectivity index (χ0) is 15.4. The van der Waals surface area contributed by atoms with Crippen LogP contribution in [0.5, 0.6) is 0 Å². The molecule has 2 unspecified atom stereocenters. The molecular weight excluding hydrogens is 278 g/mol. The number of hydrogen-bond acceptors (Lipinski definition) is 5. The van der Waals surface area contributed by atoms with Gasteiger partial charge < -0.3 is 9.64 Å². The van der Waals surface area contributed by atoms with E-state index in [4.69, 9.17) is 4.74 Å². The van der Waals surface area contributed by atoms with E-state index in [0.29, 0.717) is 11.6 Å². The summed E-state index contributed by atoms with van der Waals surface area (Å²) < 4.78 is 5.56. The van der Waals surface area contributed by atoms with Crippen molar-refractivity contribution < 1.29 is 9.53 Å². The van der Waals surface area contributed by atoms with E-state index in [9.17, 15) is 4.79 Å². The van der Waals surface area contributed by atoms with Crippen LogP contribution < -0.4 is 5.32 Å². The SMILES string of the molecule is CN1CCN(CC2CCC(OC(=O)c3ccccc3)N2)CC1. The molecule has 22 heavy (non-hydrogen) atoms. The monoisotopic (exact) mass is 303 g/mol. The van der Waals surface area contributed by atoms with Crippen LogP contribution in [0.2, 0.25) is 0 Å². The molecule has 120 valence electrons. The fourth-order valence-corrected chi connectivity index (χ4v) is 3.13. The highest BCUT2D eigenvalue weighted by atomic mass is 16.6. The van der Waals surface area contributed by atoms with Crippen LogP contribution in [0, 0.1) is 0 Å². The number of hydrogen-bond donors (Lipinski definition) is 1. The van der Waals surface area contributed by atoms with Crippen molar-refractivity contribution in [1.29, 1.82) is 0 Å². The summed E-state index contributed by atoms with van der Waals surface area (Å²) in [5.74, 6) is -0.238. The Hall–Kier alpha value is -1.43. The van der Waals surface area contributed by atoms with Crippen LogP contribution in [0.3, 0.4) is 0 Å². The van der Waals surface area contributed by atoms with Crippen molar-refractivity contribution in [2.45, 2.75) is 25.1 Å². The Morgan fingerprint density at radius 3 is 2.64 bits per heavy atom. The lowest BCUT2D eigenvalue weighted by molar-refractivity contribution is 0.0249. The quantitative estimate of drug-likeness (QED) is 0.846. The Morgan fingerprint density at radius 2 is 1.91 bits per heavy atom. The van der Waals surface area contributed by atoms with Crippen molar-refractivity contribution in [3.8, 4) is 0 Å². The molecule has 5 heteroatoms. The molecule has 0 aliphatic carbocycles. The van der Waals surface area contributed by atoms with E-state index >= 15 is 0 Å². The van der Waals surface area contributed by atoms with Crippen LogP contribution >= 0.6 is 0 Å². The Balaban J connectivity index is 1.43. The second-order valence-electron chi connectivity index (χ2n) is 6.30. The topological polar surface area (TPSA) is 44.8 Å². The van der Waals surface area contributed by atoms with Gasteiger partial charge in [-0.05, 0) is 32.0 Å². The van der Waals surface area contributed by atoms with Crippen LogP contribution in [0.1, 0.15) is 23.2 Å². The van der Waals surface area contributed by atoms with Gasteiger partial charge in [0.05, 0.1) is 5.56 Å². The van der Waals surface area contributed by atoms with E-state index < -0.39 is 0 Å². The Labute approximate surface area is 132 Å². The molecule has 2 atom stereocenters. The summed E-state index contributed by atoms with van der Waals surface area (Å²) in [6.45, 7) is 5.58. The fourth-order valence-electron chi connectivity index (χ4n) is 3.13. The molecule has 2 saturated heterocycles. The van der Waals surface area contributed by atoms with Gasteiger partial charge in [0, 0.05) is 38.8 Å². The molecule has 5 nitrogen and oxygen atoms in total. The number of likely N-dealkylation sites (N-methyl/N-ethyl adjacent to an activating group) is 1. The van der Waals surface area contributed by atoms with Crippen molar-refractivity contribution in [1.82, 2.24) is 15.1 Å². The lowest BCUT2D eigenvalue weighted by Gasteiger charge is -2.33. The molecule has 2 aliphatic rings. The lowest BCUT2D eigenvalue weighted by Crippen LogP contribution is -2.49. The number of rotatable bonds is 4. The second kappa shape index (κ2) is 7.22. The van der Waals surface area contributed by atoms with E-state index in [2.05, 4.69) is 22.2 Å². The highest BCUT2D eigenvalue weighted by molar-refractivity contribution is 5.89. The summed E-state index contributed by atoms with van der Waals surface area (Å²) in [5, 5.41) is 3.45. The highest BCUT2D eigenvalue weighted by Crippen LogP contribution is 2.16. The summed E-state index contributed by atoms with van der Waals surface area (Å²) >= 11 is 0. The van der Waals surface area contributed by atoms with Crippen molar-refractivity contribution in [3.05, 3.63) is 35.9 Å². The predicted molar refractivity (Wildman–Crippen MR) is 85.7 cm³/mol. The molecular formula is C17H25N3O2. The molecule has 0 radical (unpaired) electrons. The third kappa shape index (κ3) is 4.06. The summed E-state index contributed by atoms with van der Waals surface area (Å²) in [7, 11) is 2.17. The largest absolute Gasteiger partial charge is 0.443 e. The summed E-state index contributed by atoms with van der Waals surface area (Å²) in [5.41, 5.74) is 0.617. The standard InChI is InChI=1S/C17H25N3O2/c1-19-9-11-20(12-10-19)13-15-7-8-16(18-15)22-17(21)14-5-3-2-4-6-14/h2-6,15-16,18H,7-13H2,1H3. The minimum Gasteiger partial charge on any atom is -0.443 e. The second-order valence-corrected chi connectivity index (χ2v) is 6.30. The Kier molecular flexibility index (Phi) is 5.08. The number of carbonyl (C=O) groups is 1. The smallest absolute Gasteiger partial charge is 0.339 e. The van der Waals surface area contributed by atoms with E-state index in [-0.39, 0.29) is 12.2 Å². The number of piperazine rings is 1. The number of benzene rings is 1. The molecule has 2 heterocycles. The van der Waals surface area contributed by atoms with Gasteiger partial charge in [-0.25, -0.2) is 4.79 Å². The van der Waals surface area contributed by atoms with Crippen LogP contribution in [0.15, 0.2) is 30.3 Å². The molecule has 2 fully saturated rings. The summed E-state index contributed by atoms with van der Waals surface area (Å²) in [4.78, 5) is 16.9. The zero-order valence-corrected chi connectivity index (χ0v) is 13.2. The average Bonchev–Trinajstić information content (AvgIpc) is 2.97. The number of esters is 1. The van der Waals surface area contributed by atoms with E-state index in [0.717, 1.165) is 45.6 Å². The average molecular weight is 303 g/mol. The van der Waals surface area contributed by atoms with Crippen LogP contribution in [0.25, 0.3) is 0 Å². The van der Waals surface area contributed by atoms with Gasteiger partial charge in [-0.1, -0.05) is 18.2 Å². The van der Waals surface area contributed by atoms with E-state index in [1.807, 2.05) is 18.2 Å². The molecule has 2 aliphatic heterocycles. The predicted octanol–water partition coefficient (Wildman–Crippen LogP) is 1.17. The summed E-state index contributed by atoms with van der Waals surface area (Å²) in [6.07, 6.45) is 1.82. The third-order valence-electron chi connectivity index (χ3n) is 4.53. The lowest BCUT2D eigenvalue weighted by atomic mass is 10.2. The van der Waals surface area contributed by atoms with Gasteiger partial charge in [0.2, 0.25) is 0 Å². The highest BCUT2D eigenvalue weighted by Gasteiger charge is 2.28. The first-order chi connectivity index (χ1) is 10.7. The van der Waals surface area contributed by atoms with Gasteiger partial charge in [-0.15, -0.1) is 0 Å². The molecule has 3 rings (SSSR count). The first-order valence-corrected chi connectivity index (χ1v) is 8.14. The van der Waals surface area contributed by atoms with Gasteiger partial charge >= 0.3 is 5.97 Å². The summed E-state index contributed by atoms with van der Waals surface area (Å²) in [6, 6.07) is 9.62. The Morgan fingerprint density at radius 1 is 1.18 bits per heavy atom. The van der Waals surface area contributed by atoms with Crippen LogP contribution in [-0.4, -0.2) is 67.8 Å². The molecule has 0 bridgehead atoms. The van der Waals surface area contributed by atoms with Gasteiger partial charge in [0.25, 0.3) is 0 Å². The first-order valence-electron chi connectivity index (χ1n) is 8.14. The molecule has 1 N–H and O–H groups in total. The normalized spacial score (nSPS) is 27.0. The molecule has 0 amide bonds. The van der Waals surface area contributed by atoms with Crippen molar-refractivity contribution in [2.24, 2.45) is 0 Å². The molecule has 1 aromatic rings. The minimum absolute atomic E-state index is 0.148. The van der Waals surface area contributed by atoms with Crippen molar-refractivity contribution in [3.63, 3.8) is 0 Å². The number of carbonyl (C=O) groups excluding carboxylic acids is 1. The van der Waals surface area contributed by atoms with Gasteiger partial charge in [0.15, 0.2) is 6.23 Å². The zero-order valence-electron chi connectivity index (χ0n) is 13.2. The maximum Gasteiger partial charge on any atom is 0.339 e. The number of ether oxygens (including phenoxy) is 1. The third-order valence-corrected chi connectivity index (χ3v) is 4.53. The maximum absolute atomic E-state index is 12.1. The first kappa shape index (κ1) is 15.5. The van der Waals surface area contributed by atoms with Crippen molar-refractivity contribution >= 4 is 5.97 Å². The molecule has 0 saturated carbocycles. The van der Waals surface area contributed by atoms with Crippen molar-refractivity contribution in [2.75, 3.05) is 39.8 Å². The molecule has 0 aromatic heterocycles. The number of nitrogens with zero attached hydrogens (tertiary/aromatic N) is 2. The number of nitrogens with one attached hydrogen (secondary N) is 1. The molecule has 0 spiro atoms. The molecule has 1 aromatic carbocycles. The maximum atomic E-state index is 12.1. The van der Waals surface area contributed by atoms with Crippen LogP contribution in [0.4, 0.5) is 0 Å².